The molecule has 27 heavy (non-hydrogen) atoms. The Morgan fingerprint density at radius 2 is 1.81 bits per heavy atom. The van der Waals surface area contributed by atoms with Crippen LogP contribution in [-0.2, 0) is 4.74 Å². The van der Waals surface area contributed by atoms with E-state index in [1.54, 1.807) is 12.1 Å². The lowest BCUT2D eigenvalue weighted by molar-refractivity contribution is 0.123. The molecule has 6 nitrogen and oxygen atoms in total. The Balaban J connectivity index is 1.65. The topological polar surface area (TPSA) is 70.2 Å². The van der Waals surface area contributed by atoms with E-state index in [0.717, 1.165) is 30.0 Å². The monoisotopic (exact) mass is 382 g/mol. The predicted molar refractivity (Wildman–Crippen MR) is 108 cm³/mol. The quantitative estimate of drug-likeness (QED) is 0.720. The number of morpholine rings is 1. The van der Waals surface area contributed by atoms with Crippen molar-refractivity contribution in [2.75, 3.05) is 36.5 Å². The number of rotatable bonds is 4. The third-order valence-corrected chi connectivity index (χ3v) is 4.64. The molecule has 0 bridgehead atoms. The molecule has 0 saturated carbocycles. The summed E-state index contributed by atoms with van der Waals surface area (Å²) in [5.74, 6) is 0.396. The van der Waals surface area contributed by atoms with Crippen LogP contribution in [0.2, 0.25) is 5.02 Å². The van der Waals surface area contributed by atoms with E-state index in [9.17, 15) is 4.79 Å². The minimum absolute atomic E-state index is 0.221. The predicted octanol–water partition coefficient (Wildman–Crippen LogP) is 3.67. The summed E-state index contributed by atoms with van der Waals surface area (Å²) < 4.78 is 5.44. The van der Waals surface area contributed by atoms with E-state index < -0.39 is 0 Å². The van der Waals surface area contributed by atoms with Crippen LogP contribution in [0.3, 0.4) is 0 Å². The van der Waals surface area contributed by atoms with Crippen LogP contribution in [0.5, 0.6) is 0 Å². The maximum atomic E-state index is 12.1. The molecule has 0 amide bonds. The first-order chi connectivity index (χ1) is 13.2. The van der Waals surface area contributed by atoms with E-state index in [-0.39, 0.29) is 5.56 Å². The Morgan fingerprint density at radius 3 is 2.59 bits per heavy atom. The zero-order valence-corrected chi connectivity index (χ0v) is 15.4. The van der Waals surface area contributed by atoms with Crippen LogP contribution in [0.15, 0.2) is 59.4 Å². The summed E-state index contributed by atoms with van der Waals surface area (Å²) in [5, 5.41) is 3.90. The van der Waals surface area contributed by atoms with Crippen molar-refractivity contribution in [3.63, 3.8) is 0 Å². The van der Waals surface area contributed by atoms with Gasteiger partial charge in [-0.05, 0) is 24.3 Å². The second kappa shape index (κ2) is 7.82. The van der Waals surface area contributed by atoms with Crippen LogP contribution in [0, 0.1) is 0 Å². The second-order valence-electron chi connectivity index (χ2n) is 6.23. The van der Waals surface area contributed by atoms with Gasteiger partial charge in [-0.3, -0.25) is 9.78 Å². The maximum absolute atomic E-state index is 12.1. The van der Waals surface area contributed by atoms with Crippen LogP contribution in [0.4, 0.5) is 17.3 Å². The van der Waals surface area contributed by atoms with Crippen LogP contribution in [-0.4, -0.2) is 36.3 Å². The molecule has 1 aliphatic rings. The lowest BCUT2D eigenvalue weighted by Gasteiger charge is -2.30. The first-order valence-corrected chi connectivity index (χ1v) is 9.13. The van der Waals surface area contributed by atoms with Gasteiger partial charge in [0.15, 0.2) is 0 Å². The highest BCUT2D eigenvalue weighted by atomic mass is 35.5. The van der Waals surface area contributed by atoms with Crippen LogP contribution in [0.1, 0.15) is 0 Å². The van der Waals surface area contributed by atoms with Gasteiger partial charge in [0.05, 0.1) is 30.3 Å². The van der Waals surface area contributed by atoms with Crippen molar-refractivity contribution < 1.29 is 4.74 Å². The molecule has 3 aromatic rings. The number of H-pyrrole nitrogens is 1. The summed E-state index contributed by atoms with van der Waals surface area (Å²) in [6.07, 6.45) is 0. The third-order valence-electron chi connectivity index (χ3n) is 4.39. The molecule has 0 unspecified atom stereocenters. The zero-order valence-electron chi connectivity index (χ0n) is 14.6. The molecule has 1 fully saturated rings. The number of anilines is 3. The standard InChI is InChI=1S/C20H19ClN4O2/c21-15-7-5-14(6-8-15)17-13-19(26)24-20(23-17)22-16-3-1-2-4-18(16)25-9-11-27-12-10-25/h1-8,13H,9-12H2,(H2,22,23,24,26). The van der Waals surface area contributed by atoms with Gasteiger partial charge in [-0.25, -0.2) is 4.98 Å². The molecule has 7 heteroatoms. The molecule has 2 N–H and O–H groups in total. The normalized spacial score (nSPS) is 14.2. The number of ether oxygens (including phenoxy) is 1. The SMILES string of the molecule is O=c1cc(-c2ccc(Cl)cc2)nc(Nc2ccccc2N2CCOCC2)[nH]1. The summed E-state index contributed by atoms with van der Waals surface area (Å²) >= 11 is 5.95. The number of para-hydroxylation sites is 2. The molecule has 0 radical (unpaired) electrons. The highest BCUT2D eigenvalue weighted by molar-refractivity contribution is 6.30. The van der Waals surface area contributed by atoms with E-state index in [1.807, 2.05) is 30.3 Å². The first-order valence-electron chi connectivity index (χ1n) is 8.75. The van der Waals surface area contributed by atoms with Gasteiger partial charge in [-0.1, -0.05) is 35.9 Å². The fraction of sp³-hybridized carbons (Fsp3) is 0.200. The maximum Gasteiger partial charge on any atom is 0.252 e. The molecule has 0 aliphatic carbocycles. The molecule has 1 aliphatic heterocycles. The molecule has 2 aromatic carbocycles. The number of benzene rings is 2. The van der Waals surface area contributed by atoms with Gasteiger partial charge in [0.25, 0.3) is 5.56 Å². The minimum atomic E-state index is -0.221. The second-order valence-corrected chi connectivity index (χ2v) is 6.66. The smallest absolute Gasteiger partial charge is 0.252 e. The van der Waals surface area contributed by atoms with E-state index in [4.69, 9.17) is 16.3 Å². The van der Waals surface area contributed by atoms with Crippen LogP contribution >= 0.6 is 11.6 Å². The number of aromatic nitrogens is 2. The van der Waals surface area contributed by atoms with Crippen molar-refractivity contribution in [1.29, 1.82) is 0 Å². The molecule has 0 atom stereocenters. The van der Waals surface area contributed by atoms with Crippen LogP contribution in [0.25, 0.3) is 11.3 Å². The lowest BCUT2D eigenvalue weighted by Crippen LogP contribution is -2.36. The average Bonchev–Trinajstić information content (AvgIpc) is 2.69. The summed E-state index contributed by atoms with van der Waals surface area (Å²) in [6, 6.07) is 16.7. The van der Waals surface area contributed by atoms with Gasteiger partial charge in [0, 0.05) is 29.7 Å². The van der Waals surface area contributed by atoms with Crippen molar-refractivity contribution in [2.24, 2.45) is 0 Å². The molecule has 1 aromatic heterocycles. The van der Waals surface area contributed by atoms with Gasteiger partial charge in [-0.2, -0.15) is 0 Å². The number of nitrogens with one attached hydrogen (secondary N) is 2. The first kappa shape index (κ1) is 17.6. The van der Waals surface area contributed by atoms with Crippen molar-refractivity contribution in [3.8, 4) is 11.3 Å². The number of aromatic amines is 1. The summed E-state index contributed by atoms with van der Waals surface area (Å²) in [5.41, 5.74) is 3.13. The Kier molecular flexibility index (Phi) is 5.09. The molecule has 4 rings (SSSR count). The number of halogens is 1. The Labute approximate surface area is 161 Å². The van der Waals surface area contributed by atoms with Gasteiger partial charge < -0.3 is 15.0 Å². The van der Waals surface area contributed by atoms with Crippen molar-refractivity contribution in [2.45, 2.75) is 0 Å². The lowest BCUT2D eigenvalue weighted by atomic mass is 10.1. The van der Waals surface area contributed by atoms with E-state index in [0.29, 0.717) is 29.9 Å². The Morgan fingerprint density at radius 1 is 1.07 bits per heavy atom. The highest BCUT2D eigenvalue weighted by Crippen LogP contribution is 2.28. The molecular weight excluding hydrogens is 364 g/mol. The summed E-state index contributed by atoms with van der Waals surface area (Å²) in [7, 11) is 0. The number of hydrogen-bond donors (Lipinski definition) is 2. The fourth-order valence-electron chi connectivity index (χ4n) is 3.07. The van der Waals surface area contributed by atoms with Gasteiger partial charge in [0.1, 0.15) is 0 Å². The van der Waals surface area contributed by atoms with E-state index in [2.05, 4.69) is 26.3 Å². The number of hydrogen-bond acceptors (Lipinski definition) is 5. The van der Waals surface area contributed by atoms with Crippen molar-refractivity contribution in [3.05, 3.63) is 70.0 Å². The van der Waals surface area contributed by atoms with E-state index in [1.165, 1.54) is 6.07 Å². The molecule has 1 saturated heterocycles. The summed E-state index contributed by atoms with van der Waals surface area (Å²) in [6.45, 7) is 3.06. The van der Waals surface area contributed by atoms with Gasteiger partial charge in [-0.15, -0.1) is 0 Å². The van der Waals surface area contributed by atoms with Crippen molar-refractivity contribution in [1.82, 2.24) is 9.97 Å². The van der Waals surface area contributed by atoms with Gasteiger partial charge >= 0.3 is 0 Å². The zero-order chi connectivity index (χ0) is 18.6. The number of nitrogens with zero attached hydrogens (tertiary/aromatic N) is 2. The molecule has 138 valence electrons. The minimum Gasteiger partial charge on any atom is -0.378 e. The average molecular weight is 383 g/mol. The van der Waals surface area contributed by atoms with Crippen LogP contribution < -0.4 is 15.8 Å². The largest absolute Gasteiger partial charge is 0.378 e. The Hall–Kier alpha value is -2.83. The highest BCUT2D eigenvalue weighted by Gasteiger charge is 2.15. The Bertz CT molecular complexity index is 982. The fourth-order valence-corrected chi connectivity index (χ4v) is 3.20. The molecule has 2 heterocycles. The molecule has 0 spiro atoms. The molecular formula is C20H19ClN4O2. The third kappa shape index (κ3) is 4.13. The van der Waals surface area contributed by atoms with Gasteiger partial charge in [0.2, 0.25) is 5.95 Å². The summed E-state index contributed by atoms with van der Waals surface area (Å²) in [4.78, 5) is 21.7. The van der Waals surface area contributed by atoms with Crippen molar-refractivity contribution >= 4 is 28.9 Å². The van der Waals surface area contributed by atoms with E-state index >= 15 is 0 Å².